The fraction of sp³-hybridized carbons (Fsp3) is 0.167. The van der Waals surface area contributed by atoms with Crippen molar-refractivity contribution in [3.63, 3.8) is 0 Å². The van der Waals surface area contributed by atoms with Crippen LogP contribution in [0.4, 0.5) is 0 Å². The van der Waals surface area contributed by atoms with E-state index in [9.17, 15) is 9.59 Å². The minimum atomic E-state index is -0.840. The first-order chi connectivity index (χ1) is 12.0. The molecule has 25 heavy (non-hydrogen) atoms. The van der Waals surface area contributed by atoms with Crippen molar-refractivity contribution < 1.29 is 14.3 Å². The van der Waals surface area contributed by atoms with Gasteiger partial charge in [0.2, 0.25) is 0 Å². The summed E-state index contributed by atoms with van der Waals surface area (Å²) in [5.41, 5.74) is 3.78. The molecule has 6 nitrogen and oxygen atoms in total. The molecule has 0 saturated carbocycles. The molecule has 2 rings (SSSR count). The molecule has 1 unspecified atom stereocenters. The predicted octanol–water partition coefficient (Wildman–Crippen LogP) is 2.79. The Bertz CT molecular complexity index is 778. The van der Waals surface area contributed by atoms with Gasteiger partial charge in [0.15, 0.2) is 0 Å². The van der Waals surface area contributed by atoms with Gasteiger partial charge in [-0.05, 0) is 30.7 Å². The second kappa shape index (κ2) is 8.98. The van der Waals surface area contributed by atoms with E-state index >= 15 is 0 Å². The molecule has 0 heterocycles. The summed E-state index contributed by atoms with van der Waals surface area (Å²) in [6.45, 7) is 1.80. The van der Waals surface area contributed by atoms with Crippen LogP contribution in [0.15, 0.2) is 58.1 Å². The summed E-state index contributed by atoms with van der Waals surface area (Å²) in [4.78, 5) is 23.8. The van der Waals surface area contributed by atoms with Crippen LogP contribution in [0.3, 0.4) is 0 Å². The fourth-order valence-corrected chi connectivity index (χ4v) is 2.48. The Labute approximate surface area is 154 Å². The fourth-order valence-electron chi connectivity index (χ4n) is 2.10. The quantitative estimate of drug-likeness (QED) is 0.457. The van der Waals surface area contributed by atoms with Crippen LogP contribution in [0.25, 0.3) is 0 Å². The number of carbonyl (C=O) groups is 2. The second-order valence-electron chi connectivity index (χ2n) is 5.19. The van der Waals surface area contributed by atoms with Gasteiger partial charge >= 0.3 is 11.8 Å². The zero-order valence-electron chi connectivity index (χ0n) is 13.8. The van der Waals surface area contributed by atoms with Crippen LogP contribution in [0, 0.1) is 0 Å². The minimum absolute atomic E-state index is 0.284. The number of rotatable bonds is 5. The lowest BCUT2D eigenvalue weighted by Gasteiger charge is -2.13. The standard InChI is InChI=1S/C18H18BrN3O3/c1-12(13-6-4-3-5-7-13)21-17(23)18(24)22-20-11-14-10-15(19)8-9-16(14)25-2/h3-12H,1-2H3,(H,21,23)(H,22,24). The number of carbonyl (C=O) groups excluding carboxylic acids is 2. The van der Waals surface area contributed by atoms with Gasteiger partial charge in [0.05, 0.1) is 19.4 Å². The Morgan fingerprint density at radius 3 is 2.56 bits per heavy atom. The number of benzene rings is 2. The molecule has 0 aliphatic rings. The number of methoxy groups -OCH3 is 1. The first-order valence-electron chi connectivity index (χ1n) is 7.53. The highest BCUT2D eigenvalue weighted by atomic mass is 79.9. The molecule has 7 heteroatoms. The summed E-state index contributed by atoms with van der Waals surface area (Å²) < 4.78 is 6.05. The molecule has 0 spiro atoms. The average Bonchev–Trinajstić information content (AvgIpc) is 2.62. The first kappa shape index (κ1) is 18.7. The molecular formula is C18H18BrN3O3. The molecule has 0 aromatic heterocycles. The minimum Gasteiger partial charge on any atom is -0.496 e. The van der Waals surface area contributed by atoms with Crippen molar-refractivity contribution >= 4 is 34.0 Å². The van der Waals surface area contributed by atoms with Gasteiger partial charge in [-0.2, -0.15) is 5.10 Å². The number of amides is 2. The highest BCUT2D eigenvalue weighted by Gasteiger charge is 2.16. The van der Waals surface area contributed by atoms with Gasteiger partial charge in [0.1, 0.15) is 5.75 Å². The van der Waals surface area contributed by atoms with Gasteiger partial charge < -0.3 is 10.1 Å². The van der Waals surface area contributed by atoms with E-state index in [2.05, 4.69) is 31.8 Å². The number of hydrogen-bond donors (Lipinski definition) is 2. The van der Waals surface area contributed by atoms with Crippen LogP contribution in [0.5, 0.6) is 5.75 Å². The third kappa shape index (κ3) is 5.42. The largest absolute Gasteiger partial charge is 0.496 e. The number of nitrogens with zero attached hydrogens (tertiary/aromatic N) is 1. The number of ether oxygens (including phenoxy) is 1. The second-order valence-corrected chi connectivity index (χ2v) is 6.11. The highest BCUT2D eigenvalue weighted by Crippen LogP contribution is 2.21. The summed E-state index contributed by atoms with van der Waals surface area (Å²) >= 11 is 3.35. The molecule has 2 aromatic carbocycles. The molecule has 2 aromatic rings. The van der Waals surface area contributed by atoms with Crippen molar-refractivity contribution in [3.05, 3.63) is 64.1 Å². The maximum Gasteiger partial charge on any atom is 0.329 e. The monoisotopic (exact) mass is 403 g/mol. The van der Waals surface area contributed by atoms with Gasteiger partial charge in [-0.15, -0.1) is 0 Å². The van der Waals surface area contributed by atoms with Crippen molar-refractivity contribution in [1.82, 2.24) is 10.7 Å². The van der Waals surface area contributed by atoms with Crippen LogP contribution in [-0.2, 0) is 9.59 Å². The van der Waals surface area contributed by atoms with E-state index in [-0.39, 0.29) is 6.04 Å². The van der Waals surface area contributed by atoms with Crippen LogP contribution in [0.1, 0.15) is 24.1 Å². The van der Waals surface area contributed by atoms with Crippen LogP contribution >= 0.6 is 15.9 Å². The van der Waals surface area contributed by atoms with Gasteiger partial charge in [-0.1, -0.05) is 46.3 Å². The van der Waals surface area contributed by atoms with Crippen LogP contribution in [-0.4, -0.2) is 25.1 Å². The lowest BCUT2D eigenvalue weighted by Crippen LogP contribution is -2.39. The molecule has 0 fully saturated rings. The molecule has 0 saturated heterocycles. The predicted molar refractivity (Wildman–Crippen MR) is 99.4 cm³/mol. The number of halogens is 1. The van der Waals surface area contributed by atoms with Crippen LogP contribution in [0.2, 0.25) is 0 Å². The third-order valence-electron chi connectivity index (χ3n) is 3.41. The summed E-state index contributed by atoms with van der Waals surface area (Å²) in [5.74, 6) is -0.994. The van der Waals surface area contributed by atoms with Crippen molar-refractivity contribution in [2.45, 2.75) is 13.0 Å². The Hall–Kier alpha value is -2.67. The maximum absolute atomic E-state index is 11.9. The van der Waals surface area contributed by atoms with Gasteiger partial charge in [0, 0.05) is 10.0 Å². The van der Waals surface area contributed by atoms with E-state index in [1.54, 1.807) is 19.1 Å². The van der Waals surface area contributed by atoms with Crippen molar-refractivity contribution in [2.75, 3.05) is 7.11 Å². The molecular weight excluding hydrogens is 386 g/mol. The van der Waals surface area contributed by atoms with E-state index in [1.165, 1.54) is 13.3 Å². The smallest absolute Gasteiger partial charge is 0.329 e. The third-order valence-corrected chi connectivity index (χ3v) is 3.91. The Morgan fingerprint density at radius 1 is 1.16 bits per heavy atom. The molecule has 0 aliphatic carbocycles. The molecule has 1 atom stereocenters. The Morgan fingerprint density at radius 2 is 1.88 bits per heavy atom. The first-order valence-corrected chi connectivity index (χ1v) is 8.33. The zero-order chi connectivity index (χ0) is 18.2. The number of hydrogen-bond acceptors (Lipinski definition) is 4. The molecule has 2 N–H and O–H groups in total. The van der Waals surface area contributed by atoms with Gasteiger partial charge in [-0.3, -0.25) is 9.59 Å². The van der Waals surface area contributed by atoms with Crippen molar-refractivity contribution in [2.24, 2.45) is 5.10 Å². The molecule has 0 bridgehead atoms. The molecule has 0 aliphatic heterocycles. The van der Waals surface area contributed by atoms with Crippen molar-refractivity contribution in [3.8, 4) is 5.75 Å². The number of hydrazone groups is 1. The summed E-state index contributed by atoms with van der Waals surface area (Å²) in [7, 11) is 1.54. The summed E-state index contributed by atoms with van der Waals surface area (Å²) in [5, 5.41) is 6.43. The van der Waals surface area contributed by atoms with E-state index in [0.29, 0.717) is 11.3 Å². The van der Waals surface area contributed by atoms with Crippen LogP contribution < -0.4 is 15.5 Å². The Balaban J connectivity index is 1.93. The van der Waals surface area contributed by atoms with E-state index in [0.717, 1.165) is 10.0 Å². The molecule has 2 amide bonds. The van der Waals surface area contributed by atoms with Crippen molar-refractivity contribution in [1.29, 1.82) is 0 Å². The van der Waals surface area contributed by atoms with Gasteiger partial charge in [-0.25, -0.2) is 5.43 Å². The lowest BCUT2D eigenvalue weighted by molar-refractivity contribution is -0.139. The molecule has 0 radical (unpaired) electrons. The average molecular weight is 404 g/mol. The van der Waals surface area contributed by atoms with Gasteiger partial charge in [0.25, 0.3) is 0 Å². The zero-order valence-corrected chi connectivity index (χ0v) is 15.4. The highest BCUT2D eigenvalue weighted by molar-refractivity contribution is 9.10. The Kier molecular flexibility index (Phi) is 6.71. The lowest BCUT2D eigenvalue weighted by atomic mass is 10.1. The normalized spacial score (nSPS) is 11.8. The molecule has 130 valence electrons. The summed E-state index contributed by atoms with van der Waals surface area (Å²) in [6, 6.07) is 14.5. The van der Waals surface area contributed by atoms with E-state index in [1.807, 2.05) is 36.4 Å². The maximum atomic E-state index is 11.9. The topological polar surface area (TPSA) is 79.8 Å². The van der Waals surface area contributed by atoms with E-state index in [4.69, 9.17) is 4.74 Å². The number of nitrogens with one attached hydrogen (secondary N) is 2. The SMILES string of the molecule is COc1ccc(Br)cc1C=NNC(=O)C(=O)NC(C)c1ccccc1. The summed E-state index contributed by atoms with van der Waals surface area (Å²) in [6.07, 6.45) is 1.41. The van der Waals surface area contributed by atoms with E-state index < -0.39 is 11.8 Å².